The summed E-state index contributed by atoms with van der Waals surface area (Å²) in [5.74, 6) is 1.53. The maximum atomic E-state index is 5.51. The first kappa shape index (κ1) is 15.1. The number of benzene rings is 1. The molecule has 0 radical (unpaired) electrons. The highest BCUT2D eigenvalue weighted by molar-refractivity contribution is 7.80. The SMILES string of the molecule is COc1ccc(CNc2ccc(C(N)=S)nc2)c(OC)c1. The molecule has 2 rings (SSSR count). The van der Waals surface area contributed by atoms with Crippen molar-refractivity contribution in [3.63, 3.8) is 0 Å². The second-order valence-corrected chi connectivity index (χ2v) is 4.77. The van der Waals surface area contributed by atoms with Crippen LogP contribution in [0.2, 0.25) is 0 Å². The lowest BCUT2D eigenvalue weighted by Gasteiger charge is -2.12. The first-order valence-corrected chi connectivity index (χ1v) is 6.75. The molecule has 0 unspecified atom stereocenters. The van der Waals surface area contributed by atoms with Gasteiger partial charge in [-0.2, -0.15) is 0 Å². The summed E-state index contributed by atoms with van der Waals surface area (Å²) in [4.78, 5) is 4.47. The van der Waals surface area contributed by atoms with E-state index >= 15 is 0 Å². The van der Waals surface area contributed by atoms with E-state index in [9.17, 15) is 0 Å². The molecule has 1 aromatic carbocycles. The predicted octanol–water partition coefficient (Wildman–Crippen LogP) is 2.35. The van der Waals surface area contributed by atoms with Crippen LogP contribution in [0.25, 0.3) is 0 Å². The molecule has 21 heavy (non-hydrogen) atoms. The predicted molar refractivity (Wildman–Crippen MR) is 87.0 cm³/mol. The van der Waals surface area contributed by atoms with Crippen molar-refractivity contribution in [1.82, 2.24) is 4.98 Å². The molecule has 6 heteroatoms. The molecule has 5 nitrogen and oxygen atoms in total. The van der Waals surface area contributed by atoms with Gasteiger partial charge in [0.1, 0.15) is 16.5 Å². The number of ether oxygens (including phenoxy) is 2. The van der Waals surface area contributed by atoms with E-state index in [1.54, 1.807) is 26.5 Å². The zero-order chi connectivity index (χ0) is 15.2. The molecule has 0 aliphatic carbocycles. The highest BCUT2D eigenvalue weighted by Gasteiger charge is 2.05. The van der Waals surface area contributed by atoms with Gasteiger partial charge in [0, 0.05) is 18.2 Å². The van der Waals surface area contributed by atoms with Gasteiger partial charge in [0.05, 0.1) is 31.8 Å². The molecule has 0 atom stereocenters. The molecular formula is C15H17N3O2S. The molecule has 0 bridgehead atoms. The van der Waals surface area contributed by atoms with Crippen molar-refractivity contribution < 1.29 is 9.47 Å². The van der Waals surface area contributed by atoms with E-state index in [0.717, 1.165) is 22.7 Å². The number of hydrogen-bond donors (Lipinski definition) is 2. The van der Waals surface area contributed by atoms with Gasteiger partial charge < -0.3 is 20.5 Å². The lowest BCUT2D eigenvalue weighted by atomic mass is 10.2. The summed E-state index contributed by atoms with van der Waals surface area (Å²) in [5.41, 5.74) is 8.03. The monoisotopic (exact) mass is 303 g/mol. The standard InChI is InChI=1S/C15H17N3O2S/c1-19-12-5-3-10(14(7-12)20-2)8-17-11-4-6-13(15(16)21)18-9-11/h3-7,9,17H,8H2,1-2H3,(H2,16,21). The van der Waals surface area contributed by atoms with Gasteiger partial charge in [0.15, 0.2) is 0 Å². The minimum absolute atomic E-state index is 0.290. The van der Waals surface area contributed by atoms with Crippen LogP contribution < -0.4 is 20.5 Å². The van der Waals surface area contributed by atoms with Gasteiger partial charge in [-0.15, -0.1) is 0 Å². The molecule has 0 saturated heterocycles. The summed E-state index contributed by atoms with van der Waals surface area (Å²) in [6, 6.07) is 9.38. The molecular weight excluding hydrogens is 286 g/mol. The Labute approximate surface area is 129 Å². The third-order valence-electron chi connectivity index (χ3n) is 2.99. The minimum Gasteiger partial charge on any atom is -0.497 e. The van der Waals surface area contributed by atoms with E-state index in [2.05, 4.69) is 10.3 Å². The second kappa shape index (κ2) is 6.90. The Morgan fingerprint density at radius 2 is 2.05 bits per heavy atom. The number of anilines is 1. The number of nitrogens with two attached hydrogens (primary N) is 1. The van der Waals surface area contributed by atoms with Crippen LogP contribution in [0.1, 0.15) is 11.3 Å². The summed E-state index contributed by atoms with van der Waals surface area (Å²) in [5, 5.41) is 3.27. The lowest BCUT2D eigenvalue weighted by molar-refractivity contribution is 0.391. The number of methoxy groups -OCH3 is 2. The first-order valence-electron chi connectivity index (χ1n) is 6.34. The Morgan fingerprint density at radius 1 is 1.24 bits per heavy atom. The number of nitrogens with zero attached hydrogens (tertiary/aromatic N) is 1. The van der Waals surface area contributed by atoms with Gasteiger partial charge >= 0.3 is 0 Å². The molecule has 2 aromatic rings. The lowest BCUT2D eigenvalue weighted by Crippen LogP contribution is -2.11. The number of rotatable bonds is 6. The molecule has 0 amide bonds. The van der Waals surface area contributed by atoms with E-state index in [1.807, 2.05) is 24.3 Å². The second-order valence-electron chi connectivity index (χ2n) is 4.33. The molecule has 0 fully saturated rings. The largest absolute Gasteiger partial charge is 0.497 e. The van der Waals surface area contributed by atoms with Crippen LogP contribution in [0.4, 0.5) is 5.69 Å². The van der Waals surface area contributed by atoms with E-state index in [-0.39, 0.29) is 0 Å². The molecule has 3 N–H and O–H groups in total. The normalized spacial score (nSPS) is 10.0. The van der Waals surface area contributed by atoms with Crippen molar-refractivity contribution in [1.29, 1.82) is 0 Å². The van der Waals surface area contributed by atoms with Crippen LogP contribution in [-0.4, -0.2) is 24.2 Å². The summed E-state index contributed by atoms with van der Waals surface area (Å²) in [7, 11) is 3.26. The number of thiocarbonyl (C=S) groups is 1. The number of pyridine rings is 1. The fourth-order valence-corrected chi connectivity index (χ4v) is 1.96. The Morgan fingerprint density at radius 3 is 2.62 bits per heavy atom. The Kier molecular flexibility index (Phi) is 4.94. The molecule has 0 aliphatic heterocycles. The van der Waals surface area contributed by atoms with Gasteiger partial charge in [-0.3, -0.25) is 4.98 Å². The number of nitrogens with one attached hydrogen (secondary N) is 1. The quantitative estimate of drug-likeness (QED) is 0.798. The molecule has 1 heterocycles. The third-order valence-corrected chi connectivity index (χ3v) is 3.20. The van der Waals surface area contributed by atoms with Gasteiger partial charge in [-0.25, -0.2) is 0 Å². The molecule has 110 valence electrons. The van der Waals surface area contributed by atoms with E-state index < -0.39 is 0 Å². The van der Waals surface area contributed by atoms with Crippen molar-refractivity contribution >= 4 is 22.9 Å². The highest BCUT2D eigenvalue weighted by atomic mass is 32.1. The van der Waals surface area contributed by atoms with Crippen molar-refractivity contribution in [3.8, 4) is 11.5 Å². The first-order chi connectivity index (χ1) is 10.1. The maximum Gasteiger partial charge on any atom is 0.127 e. The van der Waals surface area contributed by atoms with Crippen molar-refractivity contribution in [2.75, 3.05) is 19.5 Å². The minimum atomic E-state index is 0.290. The van der Waals surface area contributed by atoms with Crippen LogP contribution in [0.3, 0.4) is 0 Å². The zero-order valence-electron chi connectivity index (χ0n) is 11.9. The summed E-state index contributed by atoms with van der Waals surface area (Å²) in [6.07, 6.45) is 1.70. The molecule has 0 spiro atoms. The maximum absolute atomic E-state index is 5.51. The fraction of sp³-hybridized carbons (Fsp3) is 0.200. The summed E-state index contributed by atoms with van der Waals surface area (Å²) < 4.78 is 10.5. The van der Waals surface area contributed by atoms with Gasteiger partial charge in [-0.05, 0) is 24.3 Å². The van der Waals surface area contributed by atoms with Gasteiger partial charge in [-0.1, -0.05) is 12.2 Å². The Balaban J connectivity index is 2.07. The van der Waals surface area contributed by atoms with Crippen LogP contribution in [0.15, 0.2) is 36.5 Å². The van der Waals surface area contributed by atoms with Crippen LogP contribution in [0.5, 0.6) is 11.5 Å². The Bertz CT molecular complexity index is 629. The molecule has 1 aromatic heterocycles. The zero-order valence-corrected chi connectivity index (χ0v) is 12.7. The average Bonchev–Trinajstić information content (AvgIpc) is 2.53. The van der Waals surface area contributed by atoms with Crippen molar-refractivity contribution in [3.05, 3.63) is 47.8 Å². The topological polar surface area (TPSA) is 69.4 Å². The number of hydrogen-bond acceptors (Lipinski definition) is 5. The molecule has 0 aliphatic rings. The van der Waals surface area contributed by atoms with Gasteiger partial charge in [0.2, 0.25) is 0 Å². The van der Waals surface area contributed by atoms with Gasteiger partial charge in [0.25, 0.3) is 0 Å². The molecule has 0 saturated carbocycles. The van der Waals surface area contributed by atoms with E-state index in [0.29, 0.717) is 17.2 Å². The van der Waals surface area contributed by atoms with Crippen LogP contribution in [0, 0.1) is 0 Å². The van der Waals surface area contributed by atoms with Crippen LogP contribution in [-0.2, 0) is 6.54 Å². The number of aromatic nitrogens is 1. The van der Waals surface area contributed by atoms with E-state index in [4.69, 9.17) is 27.4 Å². The summed E-state index contributed by atoms with van der Waals surface area (Å²) in [6.45, 7) is 0.612. The Hall–Kier alpha value is -2.34. The van der Waals surface area contributed by atoms with Crippen molar-refractivity contribution in [2.24, 2.45) is 5.73 Å². The van der Waals surface area contributed by atoms with Crippen LogP contribution >= 0.6 is 12.2 Å². The highest BCUT2D eigenvalue weighted by Crippen LogP contribution is 2.25. The third kappa shape index (κ3) is 3.82. The van der Waals surface area contributed by atoms with Crippen molar-refractivity contribution in [2.45, 2.75) is 6.54 Å². The average molecular weight is 303 g/mol. The fourth-order valence-electron chi connectivity index (χ4n) is 1.84. The summed E-state index contributed by atoms with van der Waals surface area (Å²) >= 11 is 4.87. The van der Waals surface area contributed by atoms with E-state index in [1.165, 1.54) is 0 Å². The smallest absolute Gasteiger partial charge is 0.127 e.